The largest absolute Gasteiger partial charge is 0.463 e. The number of halogens is 1. The number of furan rings is 1. The standard InChI is InChI=1S/C24H21FN6O2/c1-14-22-17(12-19(21-5-4-10-33-21)28-23(22)30(3)29-14)24(32)27-13-16-6-7-20(18(25)11-16)31-9-8-26-15(31)2/h4-12H,13H2,1-3H3,(H,27,32). The van der Waals surface area contributed by atoms with Crippen LogP contribution in [-0.2, 0) is 13.6 Å². The molecule has 4 heterocycles. The molecule has 5 rings (SSSR count). The fourth-order valence-electron chi connectivity index (χ4n) is 3.94. The van der Waals surface area contributed by atoms with Gasteiger partial charge in [-0.15, -0.1) is 0 Å². The molecule has 0 aliphatic rings. The number of hydrogen-bond donors (Lipinski definition) is 1. The Bertz CT molecular complexity index is 1480. The Morgan fingerprint density at radius 2 is 2.06 bits per heavy atom. The highest BCUT2D eigenvalue weighted by Crippen LogP contribution is 2.27. The van der Waals surface area contributed by atoms with Gasteiger partial charge in [0.25, 0.3) is 5.91 Å². The summed E-state index contributed by atoms with van der Waals surface area (Å²) in [6.45, 7) is 3.80. The number of pyridine rings is 1. The highest BCUT2D eigenvalue weighted by atomic mass is 19.1. The predicted molar refractivity (Wildman–Crippen MR) is 120 cm³/mol. The van der Waals surface area contributed by atoms with Crippen LogP contribution in [0.2, 0.25) is 0 Å². The molecule has 4 aromatic heterocycles. The SMILES string of the molecule is Cc1nn(C)c2nc(-c3ccco3)cc(C(=O)NCc3ccc(-n4ccnc4C)c(F)c3)c12. The Hall–Kier alpha value is -4.27. The topological polar surface area (TPSA) is 90.8 Å². The summed E-state index contributed by atoms with van der Waals surface area (Å²) in [4.78, 5) is 21.9. The first kappa shape index (κ1) is 20.6. The maximum atomic E-state index is 14.7. The maximum absolute atomic E-state index is 14.7. The zero-order chi connectivity index (χ0) is 23.1. The zero-order valence-electron chi connectivity index (χ0n) is 18.3. The number of aryl methyl sites for hydroxylation is 3. The van der Waals surface area contributed by atoms with Gasteiger partial charge in [-0.05, 0) is 49.7 Å². The number of carbonyl (C=O) groups is 1. The van der Waals surface area contributed by atoms with E-state index in [-0.39, 0.29) is 12.5 Å². The molecule has 0 unspecified atom stereocenters. The molecule has 0 spiro atoms. The first-order valence-electron chi connectivity index (χ1n) is 10.4. The van der Waals surface area contributed by atoms with Crippen molar-refractivity contribution in [3.63, 3.8) is 0 Å². The summed E-state index contributed by atoms with van der Waals surface area (Å²) in [5, 5.41) is 7.97. The van der Waals surface area contributed by atoms with Crippen LogP contribution in [0.1, 0.15) is 27.4 Å². The van der Waals surface area contributed by atoms with Gasteiger partial charge in [-0.2, -0.15) is 5.10 Å². The van der Waals surface area contributed by atoms with E-state index >= 15 is 0 Å². The van der Waals surface area contributed by atoms with Gasteiger partial charge in [-0.3, -0.25) is 9.48 Å². The molecule has 9 heteroatoms. The minimum Gasteiger partial charge on any atom is -0.463 e. The molecule has 0 aliphatic carbocycles. The van der Waals surface area contributed by atoms with Crippen LogP contribution in [0.3, 0.4) is 0 Å². The zero-order valence-corrected chi connectivity index (χ0v) is 18.3. The van der Waals surface area contributed by atoms with Crippen LogP contribution in [0.4, 0.5) is 4.39 Å². The Morgan fingerprint density at radius 3 is 2.76 bits per heavy atom. The summed E-state index contributed by atoms with van der Waals surface area (Å²) in [6, 6.07) is 10.1. The second-order valence-corrected chi connectivity index (χ2v) is 7.75. The van der Waals surface area contributed by atoms with Crippen LogP contribution in [0, 0.1) is 19.7 Å². The smallest absolute Gasteiger partial charge is 0.252 e. The lowest BCUT2D eigenvalue weighted by atomic mass is 10.1. The minimum absolute atomic E-state index is 0.165. The number of nitrogens with one attached hydrogen (secondary N) is 1. The summed E-state index contributed by atoms with van der Waals surface area (Å²) in [6.07, 6.45) is 4.88. The van der Waals surface area contributed by atoms with Gasteiger partial charge in [0.05, 0.1) is 28.6 Å². The highest BCUT2D eigenvalue weighted by molar-refractivity contribution is 6.07. The second kappa shape index (κ2) is 8.01. The third-order valence-corrected chi connectivity index (χ3v) is 5.54. The molecule has 0 bridgehead atoms. The molecule has 0 saturated carbocycles. The molecule has 166 valence electrons. The van der Waals surface area contributed by atoms with Gasteiger partial charge < -0.3 is 14.3 Å². The highest BCUT2D eigenvalue weighted by Gasteiger charge is 2.20. The summed E-state index contributed by atoms with van der Waals surface area (Å²) in [7, 11) is 1.78. The molecule has 5 aromatic rings. The van der Waals surface area contributed by atoms with Crippen molar-refractivity contribution in [2.24, 2.45) is 7.05 Å². The molecule has 0 fully saturated rings. The normalized spacial score (nSPS) is 11.3. The minimum atomic E-state index is -0.391. The number of amides is 1. The van der Waals surface area contributed by atoms with E-state index in [4.69, 9.17) is 4.42 Å². The van der Waals surface area contributed by atoms with Gasteiger partial charge in [-0.1, -0.05) is 6.07 Å². The quantitative estimate of drug-likeness (QED) is 0.441. The molecule has 0 atom stereocenters. The first-order chi connectivity index (χ1) is 15.9. The van der Waals surface area contributed by atoms with Crippen molar-refractivity contribution in [1.82, 2.24) is 29.6 Å². The number of rotatable bonds is 5. The van der Waals surface area contributed by atoms with E-state index < -0.39 is 5.82 Å². The van der Waals surface area contributed by atoms with Gasteiger partial charge in [-0.25, -0.2) is 14.4 Å². The number of fused-ring (bicyclic) bond motifs is 1. The Labute approximate surface area is 188 Å². The lowest BCUT2D eigenvalue weighted by molar-refractivity contribution is 0.0952. The van der Waals surface area contributed by atoms with Crippen molar-refractivity contribution in [3.8, 4) is 17.1 Å². The van der Waals surface area contributed by atoms with Crippen molar-refractivity contribution in [2.45, 2.75) is 20.4 Å². The molecular formula is C24H21FN6O2. The van der Waals surface area contributed by atoms with E-state index in [1.165, 1.54) is 6.07 Å². The van der Waals surface area contributed by atoms with Crippen LogP contribution in [-0.4, -0.2) is 30.2 Å². The van der Waals surface area contributed by atoms with Crippen molar-refractivity contribution in [1.29, 1.82) is 0 Å². The van der Waals surface area contributed by atoms with Crippen molar-refractivity contribution in [2.75, 3.05) is 0 Å². The van der Waals surface area contributed by atoms with Crippen LogP contribution in [0.25, 0.3) is 28.2 Å². The number of hydrogen-bond acceptors (Lipinski definition) is 5. The van der Waals surface area contributed by atoms with Crippen LogP contribution in [0.5, 0.6) is 0 Å². The number of benzene rings is 1. The van der Waals surface area contributed by atoms with E-state index in [9.17, 15) is 9.18 Å². The number of carbonyl (C=O) groups excluding carboxylic acids is 1. The van der Waals surface area contributed by atoms with Crippen LogP contribution < -0.4 is 5.32 Å². The average molecular weight is 444 g/mol. The van der Waals surface area contributed by atoms with E-state index in [0.717, 1.165) is 0 Å². The molecule has 1 amide bonds. The lowest BCUT2D eigenvalue weighted by Crippen LogP contribution is -2.23. The van der Waals surface area contributed by atoms with Crippen molar-refractivity contribution in [3.05, 3.63) is 83.5 Å². The summed E-state index contributed by atoms with van der Waals surface area (Å²) in [5.74, 6) is 0.548. The average Bonchev–Trinajstić information content (AvgIpc) is 3.54. The van der Waals surface area contributed by atoms with Crippen molar-refractivity contribution >= 4 is 16.9 Å². The Morgan fingerprint density at radius 1 is 1.21 bits per heavy atom. The number of imidazole rings is 1. The predicted octanol–water partition coefficient (Wildman–Crippen LogP) is 4.10. The second-order valence-electron chi connectivity index (χ2n) is 7.75. The van der Waals surface area contributed by atoms with Crippen LogP contribution >= 0.6 is 0 Å². The molecule has 8 nitrogen and oxygen atoms in total. The fraction of sp³-hybridized carbons (Fsp3) is 0.167. The maximum Gasteiger partial charge on any atom is 0.252 e. The Balaban J connectivity index is 1.44. The monoisotopic (exact) mass is 444 g/mol. The van der Waals surface area contributed by atoms with Gasteiger partial charge in [0.2, 0.25) is 0 Å². The van der Waals surface area contributed by atoms with Gasteiger partial charge in [0, 0.05) is 26.0 Å². The molecule has 1 aromatic carbocycles. The Kier molecular flexibility index (Phi) is 5.01. The molecule has 33 heavy (non-hydrogen) atoms. The summed E-state index contributed by atoms with van der Waals surface area (Å²) in [5.41, 5.74) is 3.29. The van der Waals surface area contributed by atoms with E-state index in [0.29, 0.717) is 50.8 Å². The summed E-state index contributed by atoms with van der Waals surface area (Å²) >= 11 is 0. The van der Waals surface area contributed by atoms with Gasteiger partial charge in [0.1, 0.15) is 17.3 Å². The molecular weight excluding hydrogens is 423 g/mol. The van der Waals surface area contributed by atoms with E-state index in [1.54, 1.807) is 72.2 Å². The summed E-state index contributed by atoms with van der Waals surface area (Å²) < 4.78 is 23.5. The van der Waals surface area contributed by atoms with Gasteiger partial charge >= 0.3 is 0 Å². The van der Waals surface area contributed by atoms with E-state index in [2.05, 4.69) is 20.4 Å². The fourth-order valence-corrected chi connectivity index (χ4v) is 3.94. The third kappa shape index (κ3) is 3.67. The molecule has 1 N–H and O–H groups in total. The molecule has 0 radical (unpaired) electrons. The van der Waals surface area contributed by atoms with Crippen molar-refractivity contribution < 1.29 is 13.6 Å². The van der Waals surface area contributed by atoms with Gasteiger partial charge in [0.15, 0.2) is 11.4 Å². The number of aromatic nitrogens is 5. The number of nitrogens with zero attached hydrogens (tertiary/aromatic N) is 5. The van der Waals surface area contributed by atoms with Crippen LogP contribution in [0.15, 0.2) is 59.5 Å². The molecule has 0 aliphatic heterocycles. The lowest BCUT2D eigenvalue weighted by Gasteiger charge is -2.11. The molecule has 0 saturated heterocycles. The first-order valence-corrected chi connectivity index (χ1v) is 10.4. The third-order valence-electron chi connectivity index (χ3n) is 5.54. The van der Waals surface area contributed by atoms with E-state index in [1.807, 2.05) is 6.92 Å².